The fourth-order valence-electron chi connectivity index (χ4n) is 2.53. The van der Waals surface area contributed by atoms with Crippen LogP contribution in [0.1, 0.15) is 13.8 Å². The molecule has 1 aliphatic heterocycles. The molecule has 0 atom stereocenters. The zero-order valence-electron chi connectivity index (χ0n) is 12.2. The summed E-state index contributed by atoms with van der Waals surface area (Å²) >= 11 is 0. The van der Waals surface area contributed by atoms with Crippen molar-refractivity contribution in [3.8, 4) is 5.75 Å². The van der Waals surface area contributed by atoms with E-state index >= 15 is 0 Å². The zero-order valence-corrected chi connectivity index (χ0v) is 12.2. The Morgan fingerprint density at radius 3 is 2.16 bits per heavy atom. The minimum absolute atomic E-state index is 0.109. The third kappa shape index (κ3) is 4.11. The van der Waals surface area contributed by atoms with E-state index in [9.17, 15) is 0 Å². The molecule has 0 aliphatic carbocycles. The van der Waals surface area contributed by atoms with Gasteiger partial charge in [-0.3, -0.25) is 4.90 Å². The van der Waals surface area contributed by atoms with E-state index in [1.807, 2.05) is 12.1 Å². The second-order valence-electron chi connectivity index (χ2n) is 5.95. The van der Waals surface area contributed by atoms with Crippen molar-refractivity contribution in [3.05, 3.63) is 24.3 Å². The molecular weight excluding hydrogens is 238 g/mol. The molecule has 0 unspecified atom stereocenters. The predicted molar refractivity (Wildman–Crippen MR) is 79.9 cm³/mol. The van der Waals surface area contributed by atoms with Gasteiger partial charge in [-0.05, 0) is 38.1 Å². The fourth-order valence-corrected chi connectivity index (χ4v) is 2.53. The van der Waals surface area contributed by atoms with Gasteiger partial charge in [0.15, 0.2) is 0 Å². The van der Waals surface area contributed by atoms with E-state index in [-0.39, 0.29) is 5.54 Å². The van der Waals surface area contributed by atoms with Crippen LogP contribution in [0.3, 0.4) is 0 Å². The maximum Gasteiger partial charge on any atom is 0.119 e. The number of hydrogen-bond acceptors (Lipinski definition) is 4. The van der Waals surface area contributed by atoms with Gasteiger partial charge in [-0.15, -0.1) is 0 Å². The summed E-state index contributed by atoms with van der Waals surface area (Å²) < 4.78 is 5.19. The molecule has 4 heteroatoms. The summed E-state index contributed by atoms with van der Waals surface area (Å²) in [4.78, 5) is 4.86. The van der Waals surface area contributed by atoms with Gasteiger partial charge in [0.1, 0.15) is 5.75 Å². The Hall–Kier alpha value is -1.26. The molecule has 19 heavy (non-hydrogen) atoms. The molecule has 0 aromatic heterocycles. The SMILES string of the molecule is COc1ccc(N2CCN(CC(C)(C)N)CC2)cc1. The minimum atomic E-state index is -0.109. The van der Waals surface area contributed by atoms with Gasteiger partial charge in [0.05, 0.1) is 7.11 Å². The monoisotopic (exact) mass is 263 g/mol. The van der Waals surface area contributed by atoms with E-state index in [1.165, 1.54) is 5.69 Å². The molecule has 1 saturated heterocycles. The number of rotatable bonds is 4. The van der Waals surface area contributed by atoms with Crippen LogP contribution in [-0.2, 0) is 0 Å². The summed E-state index contributed by atoms with van der Waals surface area (Å²) in [6.07, 6.45) is 0. The number of methoxy groups -OCH3 is 1. The summed E-state index contributed by atoms with van der Waals surface area (Å²) in [5, 5.41) is 0. The van der Waals surface area contributed by atoms with Crippen molar-refractivity contribution in [3.63, 3.8) is 0 Å². The summed E-state index contributed by atoms with van der Waals surface area (Å²) in [7, 11) is 1.70. The molecule has 1 heterocycles. The van der Waals surface area contributed by atoms with Gasteiger partial charge >= 0.3 is 0 Å². The highest BCUT2D eigenvalue weighted by molar-refractivity contribution is 5.49. The number of ether oxygens (including phenoxy) is 1. The van der Waals surface area contributed by atoms with Crippen molar-refractivity contribution >= 4 is 5.69 Å². The molecule has 106 valence electrons. The van der Waals surface area contributed by atoms with Gasteiger partial charge in [0.25, 0.3) is 0 Å². The molecule has 0 amide bonds. The van der Waals surface area contributed by atoms with Crippen molar-refractivity contribution < 1.29 is 4.74 Å². The van der Waals surface area contributed by atoms with E-state index in [4.69, 9.17) is 10.5 Å². The lowest BCUT2D eigenvalue weighted by molar-refractivity contribution is 0.214. The fraction of sp³-hybridized carbons (Fsp3) is 0.600. The lowest BCUT2D eigenvalue weighted by Gasteiger charge is -2.38. The van der Waals surface area contributed by atoms with Crippen LogP contribution in [0, 0.1) is 0 Å². The maximum atomic E-state index is 6.07. The van der Waals surface area contributed by atoms with E-state index in [0.29, 0.717) is 0 Å². The number of piperazine rings is 1. The molecule has 1 fully saturated rings. The van der Waals surface area contributed by atoms with Crippen LogP contribution in [0.25, 0.3) is 0 Å². The second kappa shape index (κ2) is 5.80. The lowest BCUT2D eigenvalue weighted by Crippen LogP contribution is -2.53. The van der Waals surface area contributed by atoms with E-state index in [0.717, 1.165) is 38.5 Å². The van der Waals surface area contributed by atoms with Gasteiger partial charge in [-0.25, -0.2) is 0 Å². The molecule has 2 N–H and O–H groups in total. The largest absolute Gasteiger partial charge is 0.497 e. The summed E-state index contributed by atoms with van der Waals surface area (Å²) in [6, 6.07) is 8.29. The van der Waals surface area contributed by atoms with E-state index < -0.39 is 0 Å². The normalized spacial score (nSPS) is 17.6. The zero-order chi connectivity index (χ0) is 13.9. The maximum absolute atomic E-state index is 6.07. The van der Waals surface area contributed by atoms with Crippen molar-refractivity contribution in [2.24, 2.45) is 5.73 Å². The van der Waals surface area contributed by atoms with Crippen LogP contribution in [-0.4, -0.2) is 50.3 Å². The Bertz CT molecular complexity index is 389. The lowest BCUT2D eigenvalue weighted by atomic mass is 10.1. The standard InChI is InChI=1S/C15H25N3O/c1-15(2,16)12-17-8-10-18(11-9-17)13-4-6-14(19-3)7-5-13/h4-7H,8-12,16H2,1-3H3. The van der Waals surface area contributed by atoms with Crippen LogP contribution < -0.4 is 15.4 Å². The van der Waals surface area contributed by atoms with Gasteiger partial charge in [-0.2, -0.15) is 0 Å². The first-order valence-electron chi connectivity index (χ1n) is 6.88. The third-order valence-corrected chi connectivity index (χ3v) is 3.44. The first-order chi connectivity index (χ1) is 8.98. The van der Waals surface area contributed by atoms with Crippen LogP contribution >= 0.6 is 0 Å². The first kappa shape index (κ1) is 14.2. The number of anilines is 1. The smallest absolute Gasteiger partial charge is 0.119 e. The van der Waals surface area contributed by atoms with E-state index in [1.54, 1.807) is 7.11 Å². The average molecular weight is 263 g/mol. The van der Waals surface area contributed by atoms with Crippen LogP contribution in [0.5, 0.6) is 5.75 Å². The Balaban J connectivity index is 1.88. The first-order valence-corrected chi connectivity index (χ1v) is 6.88. The van der Waals surface area contributed by atoms with Gasteiger partial charge in [0, 0.05) is 44.0 Å². The van der Waals surface area contributed by atoms with E-state index in [2.05, 4.69) is 35.8 Å². The van der Waals surface area contributed by atoms with Crippen molar-refractivity contribution in [2.45, 2.75) is 19.4 Å². The predicted octanol–water partition coefficient (Wildman–Crippen LogP) is 1.55. The molecule has 0 radical (unpaired) electrons. The topological polar surface area (TPSA) is 41.7 Å². The quantitative estimate of drug-likeness (QED) is 0.895. The molecule has 2 rings (SSSR count). The molecule has 1 aromatic rings. The molecule has 1 aliphatic rings. The van der Waals surface area contributed by atoms with Crippen molar-refractivity contribution in [2.75, 3.05) is 44.7 Å². The Kier molecular flexibility index (Phi) is 4.32. The number of hydrogen-bond donors (Lipinski definition) is 1. The number of nitrogens with two attached hydrogens (primary N) is 1. The summed E-state index contributed by atoms with van der Waals surface area (Å²) in [5.41, 5.74) is 7.24. The van der Waals surface area contributed by atoms with Crippen molar-refractivity contribution in [1.29, 1.82) is 0 Å². The van der Waals surface area contributed by atoms with Crippen LogP contribution in [0.15, 0.2) is 24.3 Å². The third-order valence-electron chi connectivity index (χ3n) is 3.44. The summed E-state index contributed by atoms with van der Waals surface area (Å²) in [6.45, 7) is 9.40. The number of benzene rings is 1. The number of nitrogens with zero attached hydrogens (tertiary/aromatic N) is 2. The van der Waals surface area contributed by atoms with Crippen molar-refractivity contribution in [1.82, 2.24) is 4.90 Å². The average Bonchev–Trinajstić information content (AvgIpc) is 2.38. The molecule has 0 spiro atoms. The molecule has 1 aromatic carbocycles. The molecule has 4 nitrogen and oxygen atoms in total. The Morgan fingerprint density at radius 1 is 1.11 bits per heavy atom. The minimum Gasteiger partial charge on any atom is -0.497 e. The molecule has 0 bridgehead atoms. The molecule has 0 saturated carbocycles. The van der Waals surface area contributed by atoms with Gasteiger partial charge in [0.2, 0.25) is 0 Å². The highest BCUT2D eigenvalue weighted by Gasteiger charge is 2.21. The summed E-state index contributed by atoms with van der Waals surface area (Å²) in [5.74, 6) is 0.910. The van der Waals surface area contributed by atoms with Gasteiger partial charge < -0.3 is 15.4 Å². The second-order valence-corrected chi connectivity index (χ2v) is 5.95. The highest BCUT2D eigenvalue weighted by Crippen LogP contribution is 2.20. The van der Waals surface area contributed by atoms with Gasteiger partial charge in [-0.1, -0.05) is 0 Å². The Morgan fingerprint density at radius 2 is 1.68 bits per heavy atom. The van der Waals surface area contributed by atoms with Crippen LogP contribution in [0.4, 0.5) is 5.69 Å². The highest BCUT2D eigenvalue weighted by atomic mass is 16.5. The Labute approximate surface area is 116 Å². The van der Waals surface area contributed by atoms with Crippen LogP contribution in [0.2, 0.25) is 0 Å². The molecular formula is C15H25N3O.